The van der Waals surface area contributed by atoms with Crippen molar-refractivity contribution in [1.29, 1.82) is 0 Å². The molecule has 3 heterocycles. The maximum Gasteiger partial charge on any atom is 0.325 e. The minimum atomic E-state index is -0.526. The average Bonchev–Trinajstić information content (AvgIpc) is 2.76. The third kappa shape index (κ3) is 5.22. The predicted molar refractivity (Wildman–Crippen MR) is 110 cm³/mol. The summed E-state index contributed by atoms with van der Waals surface area (Å²) in [6.07, 6.45) is 7.79. The molecule has 0 saturated carbocycles. The van der Waals surface area contributed by atoms with Crippen LogP contribution in [-0.4, -0.2) is 41.6 Å². The van der Waals surface area contributed by atoms with Crippen LogP contribution >= 0.6 is 0 Å². The normalized spacial score (nSPS) is 16.3. The molecule has 154 valence electrons. The van der Waals surface area contributed by atoms with Gasteiger partial charge in [-0.15, -0.1) is 0 Å². The van der Waals surface area contributed by atoms with E-state index >= 15 is 0 Å². The number of esters is 1. The van der Waals surface area contributed by atoms with Gasteiger partial charge in [-0.2, -0.15) is 0 Å². The molecule has 1 atom stereocenters. The summed E-state index contributed by atoms with van der Waals surface area (Å²) >= 11 is 0. The molecule has 2 aromatic rings. The van der Waals surface area contributed by atoms with Crippen LogP contribution in [0.2, 0.25) is 0 Å². The number of carbonyl (C=O) groups is 2. The summed E-state index contributed by atoms with van der Waals surface area (Å²) in [5, 5.41) is 2.87. The molecular weight excluding hydrogens is 372 g/mol. The smallest absolute Gasteiger partial charge is 0.325 e. The summed E-state index contributed by atoms with van der Waals surface area (Å²) in [6, 6.07) is 4.99. The lowest BCUT2D eigenvalue weighted by atomic mass is 9.96. The molecule has 2 aromatic heterocycles. The second-order valence-electron chi connectivity index (χ2n) is 7.14. The van der Waals surface area contributed by atoms with Gasteiger partial charge in [0.2, 0.25) is 5.91 Å². The van der Waals surface area contributed by atoms with Crippen molar-refractivity contribution in [2.24, 2.45) is 5.92 Å². The largest absolute Gasteiger partial charge is 0.468 e. The Morgan fingerprint density at radius 1 is 1.31 bits per heavy atom. The number of methoxy groups -OCH3 is 1. The lowest BCUT2D eigenvalue weighted by molar-refractivity contribution is -0.141. The number of rotatable bonds is 6. The van der Waals surface area contributed by atoms with E-state index in [-0.39, 0.29) is 23.9 Å². The Kier molecular flexibility index (Phi) is 6.64. The number of ether oxygens (including phenoxy) is 1. The molecule has 0 aromatic carbocycles. The molecule has 1 amide bonds. The number of hydrogen-bond acceptors (Lipinski definition) is 6. The van der Waals surface area contributed by atoms with Crippen LogP contribution in [0.3, 0.4) is 0 Å². The lowest BCUT2D eigenvalue weighted by Crippen LogP contribution is -2.41. The zero-order chi connectivity index (χ0) is 20.8. The molecule has 3 rings (SSSR count). The van der Waals surface area contributed by atoms with Crippen LogP contribution < -0.4 is 15.8 Å². The Labute approximate surface area is 169 Å². The lowest BCUT2D eigenvalue weighted by Gasteiger charge is -2.33. The van der Waals surface area contributed by atoms with Gasteiger partial charge >= 0.3 is 5.97 Å². The molecule has 1 unspecified atom stereocenters. The van der Waals surface area contributed by atoms with Crippen LogP contribution in [0, 0.1) is 5.92 Å². The Balaban J connectivity index is 1.68. The Morgan fingerprint density at radius 2 is 2.14 bits per heavy atom. The minimum absolute atomic E-state index is 0.0995. The molecule has 1 aliphatic rings. The third-order valence-electron chi connectivity index (χ3n) is 5.12. The van der Waals surface area contributed by atoms with Crippen LogP contribution in [0.4, 0.5) is 11.4 Å². The van der Waals surface area contributed by atoms with Crippen molar-refractivity contribution in [3.63, 3.8) is 0 Å². The molecule has 0 bridgehead atoms. The van der Waals surface area contributed by atoms with E-state index in [1.165, 1.54) is 29.5 Å². The highest BCUT2D eigenvalue weighted by Crippen LogP contribution is 2.24. The fourth-order valence-electron chi connectivity index (χ4n) is 3.44. The highest BCUT2D eigenvalue weighted by atomic mass is 16.5. The zero-order valence-electron chi connectivity index (χ0n) is 16.8. The molecule has 8 nitrogen and oxygen atoms in total. The number of aryl methyl sites for hydroxylation is 1. The van der Waals surface area contributed by atoms with Crippen LogP contribution in [0.1, 0.15) is 25.3 Å². The molecule has 1 fully saturated rings. The molecule has 0 radical (unpaired) electrons. The van der Waals surface area contributed by atoms with E-state index in [1.807, 2.05) is 12.4 Å². The van der Waals surface area contributed by atoms with Gasteiger partial charge in [-0.05, 0) is 37.0 Å². The van der Waals surface area contributed by atoms with Crippen molar-refractivity contribution < 1.29 is 14.3 Å². The number of pyridine rings is 2. The molecule has 1 aliphatic heterocycles. The molecule has 1 saturated heterocycles. The van der Waals surface area contributed by atoms with Gasteiger partial charge in [-0.3, -0.25) is 19.4 Å². The number of carbonyl (C=O) groups excluding carboxylic acids is 2. The van der Waals surface area contributed by atoms with Gasteiger partial charge in [0.05, 0.1) is 30.6 Å². The standard InChI is InChI=1S/C21H26N4O4/c1-3-15-9-18(11-22-10-15)24-8-4-5-16(12-24)21(28)23-17-6-7-19(26)25(13-17)14-20(27)29-2/h6-7,9-11,13,16H,3-5,8,12,14H2,1-2H3,(H,23,28). The topological polar surface area (TPSA) is 93.5 Å². The molecule has 29 heavy (non-hydrogen) atoms. The summed E-state index contributed by atoms with van der Waals surface area (Å²) in [6.45, 7) is 3.40. The second kappa shape index (κ2) is 9.36. The van der Waals surface area contributed by atoms with Gasteiger partial charge in [-0.25, -0.2) is 0 Å². The average molecular weight is 398 g/mol. The maximum atomic E-state index is 12.8. The first-order valence-corrected chi connectivity index (χ1v) is 9.77. The Hall–Kier alpha value is -3.16. The number of amides is 1. The number of aromatic nitrogens is 2. The van der Waals surface area contributed by atoms with Crippen molar-refractivity contribution >= 4 is 23.3 Å². The van der Waals surface area contributed by atoms with E-state index in [0.29, 0.717) is 12.2 Å². The van der Waals surface area contributed by atoms with E-state index < -0.39 is 5.97 Å². The monoisotopic (exact) mass is 398 g/mol. The first kappa shape index (κ1) is 20.6. The summed E-state index contributed by atoms with van der Waals surface area (Å²) in [7, 11) is 1.26. The third-order valence-corrected chi connectivity index (χ3v) is 5.12. The van der Waals surface area contributed by atoms with E-state index in [9.17, 15) is 14.4 Å². The van der Waals surface area contributed by atoms with Gasteiger partial charge in [0, 0.05) is 31.5 Å². The predicted octanol–water partition coefficient (Wildman–Crippen LogP) is 1.83. The highest BCUT2D eigenvalue weighted by Gasteiger charge is 2.26. The van der Waals surface area contributed by atoms with Crippen molar-refractivity contribution in [2.45, 2.75) is 32.7 Å². The summed E-state index contributed by atoms with van der Waals surface area (Å²) in [5.74, 6) is -0.797. The number of nitrogens with zero attached hydrogens (tertiary/aromatic N) is 3. The molecule has 1 N–H and O–H groups in total. The van der Waals surface area contributed by atoms with E-state index in [2.05, 4.69) is 32.9 Å². The van der Waals surface area contributed by atoms with E-state index in [0.717, 1.165) is 31.5 Å². The van der Waals surface area contributed by atoms with E-state index in [1.54, 1.807) is 6.07 Å². The SMILES string of the molecule is CCc1cncc(N2CCCC(C(=O)Nc3ccc(=O)n(CC(=O)OC)c3)C2)c1. The molecule has 0 aliphatic carbocycles. The Bertz CT molecular complexity index is 940. The highest BCUT2D eigenvalue weighted by molar-refractivity contribution is 5.93. The minimum Gasteiger partial charge on any atom is -0.468 e. The van der Waals surface area contributed by atoms with E-state index in [4.69, 9.17) is 0 Å². The van der Waals surface area contributed by atoms with Gasteiger partial charge in [0.25, 0.3) is 5.56 Å². The second-order valence-corrected chi connectivity index (χ2v) is 7.14. The first-order valence-electron chi connectivity index (χ1n) is 9.77. The van der Waals surface area contributed by atoms with Crippen molar-refractivity contribution in [3.8, 4) is 0 Å². The number of hydrogen-bond donors (Lipinski definition) is 1. The van der Waals surface area contributed by atoms with Crippen LogP contribution in [0.5, 0.6) is 0 Å². The number of piperidine rings is 1. The van der Waals surface area contributed by atoms with Crippen LogP contribution in [0.15, 0.2) is 41.6 Å². The summed E-state index contributed by atoms with van der Waals surface area (Å²) < 4.78 is 5.82. The maximum absolute atomic E-state index is 12.8. The quantitative estimate of drug-likeness (QED) is 0.747. The van der Waals surface area contributed by atoms with Gasteiger partial charge in [0.1, 0.15) is 6.54 Å². The van der Waals surface area contributed by atoms with Crippen molar-refractivity contribution in [3.05, 3.63) is 52.7 Å². The van der Waals surface area contributed by atoms with Crippen molar-refractivity contribution in [2.75, 3.05) is 30.4 Å². The van der Waals surface area contributed by atoms with Crippen LogP contribution in [-0.2, 0) is 27.3 Å². The summed E-state index contributed by atoms with van der Waals surface area (Å²) in [4.78, 5) is 42.6. The van der Waals surface area contributed by atoms with Crippen molar-refractivity contribution in [1.82, 2.24) is 9.55 Å². The fourth-order valence-corrected chi connectivity index (χ4v) is 3.44. The number of anilines is 2. The molecular formula is C21H26N4O4. The summed E-state index contributed by atoms with van der Waals surface area (Å²) in [5.41, 5.74) is 2.35. The number of nitrogens with one attached hydrogen (secondary N) is 1. The van der Waals surface area contributed by atoms with Gasteiger partial charge < -0.3 is 19.5 Å². The molecule has 0 spiro atoms. The first-order chi connectivity index (χ1) is 14.0. The fraction of sp³-hybridized carbons (Fsp3) is 0.429. The zero-order valence-corrected chi connectivity index (χ0v) is 16.8. The van der Waals surface area contributed by atoms with Gasteiger partial charge in [-0.1, -0.05) is 6.92 Å². The molecule has 8 heteroatoms. The Morgan fingerprint density at radius 3 is 2.90 bits per heavy atom. The van der Waals surface area contributed by atoms with Gasteiger partial charge in [0.15, 0.2) is 0 Å². The van der Waals surface area contributed by atoms with Crippen LogP contribution in [0.25, 0.3) is 0 Å².